The van der Waals surface area contributed by atoms with Crippen LogP contribution in [0.15, 0.2) is 6.33 Å². The highest BCUT2D eigenvalue weighted by atomic mass is 15.0. The monoisotopic (exact) mass is 247 g/mol. The molecule has 1 heterocycles. The molecule has 0 aliphatic heterocycles. The molecule has 3 heteroatoms. The Kier molecular flexibility index (Phi) is 4.97. The predicted molar refractivity (Wildman–Crippen MR) is 75.9 cm³/mol. The first-order valence-corrected chi connectivity index (χ1v) is 7.40. The van der Waals surface area contributed by atoms with Gasteiger partial charge in [0.25, 0.3) is 0 Å². The lowest BCUT2D eigenvalue weighted by molar-refractivity contribution is 0.641. The number of hydrogen-bond acceptors (Lipinski definition) is 3. The maximum Gasteiger partial charge on any atom is 0.133 e. The molecular weight excluding hydrogens is 222 g/mol. The molecular formula is C15H25N3. The average Bonchev–Trinajstić information content (AvgIpc) is 2.62. The van der Waals surface area contributed by atoms with Crippen LogP contribution in [0.2, 0.25) is 0 Å². The third-order valence-corrected chi connectivity index (χ3v) is 3.75. The van der Waals surface area contributed by atoms with Crippen molar-refractivity contribution in [2.45, 2.75) is 71.3 Å². The lowest BCUT2D eigenvalue weighted by Gasteiger charge is -2.17. The number of rotatable bonds is 5. The van der Waals surface area contributed by atoms with E-state index >= 15 is 0 Å². The van der Waals surface area contributed by atoms with Crippen LogP contribution in [0.5, 0.6) is 0 Å². The number of unbranched alkanes of at least 4 members (excludes halogenated alkanes) is 1. The van der Waals surface area contributed by atoms with Gasteiger partial charge in [0.05, 0.1) is 0 Å². The highest BCUT2D eigenvalue weighted by Crippen LogP contribution is 2.24. The zero-order chi connectivity index (χ0) is 12.8. The Morgan fingerprint density at radius 1 is 1.22 bits per heavy atom. The van der Waals surface area contributed by atoms with Crippen LogP contribution in [0.3, 0.4) is 0 Å². The predicted octanol–water partition coefficient (Wildman–Crippen LogP) is 3.74. The number of anilines is 1. The van der Waals surface area contributed by atoms with E-state index in [-0.39, 0.29) is 0 Å². The molecule has 1 aromatic rings. The highest BCUT2D eigenvalue weighted by molar-refractivity contribution is 5.47. The molecule has 0 saturated heterocycles. The van der Waals surface area contributed by atoms with E-state index in [0.717, 1.165) is 18.7 Å². The number of nitrogens with one attached hydrogen (secondary N) is 1. The number of aromatic nitrogens is 2. The van der Waals surface area contributed by atoms with Crippen molar-refractivity contribution in [3.05, 3.63) is 17.6 Å². The van der Waals surface area contributed by atoms with Crippen LogP contribution < -0.4 is 5.32 Å². The summed E-state index contributed by atoms with van der Waals surface area (Å²) in [5, 5.41) is 3.58. The molecule has 0 amide bonds. The third-order valence-electron chi connectivity index (χ3n) is 3.75. The Labute approximate surface area is 110 Å². The molecule has 0 aromatic carbocycles. The summed E-state index contributed by atoms with van der Waals surface area (Å²) in [5.74, 6) is 1.09. The number of fused-ring (bicyclic) bond motifs is 1. The lowest BCUT2D eigenvalue weighted by Crippen LogP contribution is -2.18. The van der Waals surface area contributed by atoms with E-state index in [1.165, 1.54) is 49.8 Å². The summed E-state index contributed by atoms with van der Waals surface area (Å²) in [6, 6.07) is 0.507. The Morgan fingerprint density at radius 3 is 2.89 bits per heavy atom. The minimum absolute atomic E-state index is 0.507. The topological polar surface area (TPSA) is 37.8 Å². The summed E-state index contributed by atoms with van der Waals surface area (Å²) in [7, 11) is 0. The van der Waals surface area contributed by atoms with E-state index < -0.39 is 0 Å². The van der Waals surface area contributed by atoms with Gasteiger partial charge in [0.15, 0.2) is 0 Å². The first-order chi connectivity index (χ1) is 8.81. The summed E-state index contributed by atoms with van der Waals surface area (Å²) in [5.41, 5.74) is 2.64. The summed E-state index contributed by atoms with van der Waals surface area (Å²) < 4.78 is 0. The summed E-state index contributed by atoms with van der Waals surface area (Å²) in [4.78, 5) is 8.92. The zero-order valence-electron chi connectivity index (χ0n) is 11.7. The molecule has 1 unspecified atom stereocenters. The van der Waals surface area contributed by atoms with Crippen LogP contribution in [0.4, 0.5) is 5.82 Å². The van der Waals surface area contributed by atoms with Crippen LogP contribution in [0.25, 0.3) is 0 Å². The Balaban J connectivity index is 2.08. The maximum absolute atomic E-state index is 4.46. The van der Waals surface area contributed by atoms with Crippen molar-refractivity contribution in [2.75, 3.05) is 5.32 Å². The van der Waals surface area contributed by atoms with E-state index in [9.17, 15) is 0 Å². The quantitative estimate of drug-likeness (QED) is 0.805. The average molecular weight is 247 g/mol. The van der Waals surface area contributed by atoms with Gasteiger partial charge in [0.2, 0.25) is 0 Å². The molecule has 1 aliphatic carbocycles. The Hall–Kier alpha value is -1.12. The van der Waals surface area contributed by atoms with Gasteiger partial charge < -0.3 is 5.32 Å². The fraction of sp³-hybridized carbons (Fsp3) is 0.733. The van der Waals surface area contributed by atoms with Crippen molar-refractivity contribution < 1.29 is 0 Å². The minimum Gasteiger partial charge on any atom is -0.367 e. The highest BCUT2D eigenvalue weighted by Gasteiger charge is 2.15. The second-order valence-electron chi connectivity index (χ2n) is 5.40. The van der Waals surface area contributed by atoms with E-state index in [2.05, 4.69) is 29.1 Å². The van der Waals surface area contributed by atoms with Crippen molar-refractivity contribution in [3.8, 4) is 0 Å². The molecule has 1 aliphatic rings. The fourth-order valence-corrected chi connectivity index (χ4v) is 2.64. The number of aryl methyl sites for hydroxylation is 1. The van der Waals surface area contributed by atoms with E-state index in [4.69, 9.17) is 0 Å². The van der Waals surface area contributed by atoms with E-state index in [1.807, 2.05) is 0 Å². The minimum atomic E-state index is 0.507. The number of nitrogens with zero attached hydrogens (tertiary/aromatic N) is 2. The van der Waals surface area contributed by atoms with Gasteiger partial charge >= 0.3 is 0 Å². The molecule has 2 rings (SSSR count). The van der Waals surface area contributed by atoms with Crippen molar-refractivity contribution in [2.24, 2.45) is 0 Å². The summed E-state index contributed by atoms with van der Waals surface area (Å²) >= 11 is 0. The summed E-state index contributed by atoms with van der Waals surface area (Å²) in [6.07, 6.45) is 11.6. The number of hydrogen-bond donors (Lipinski definition) is 1. The molecule has 0 radical (unpaired) electrons. The molecule has 100 valence electrons. The van der Waals surface area contributed by atoms with Gasteiger partial charge in [-0.1, -0.05) is 26.2 Å². The van der Waals surface area contributed by atoms with Crippen molar-refractivity contribution in [1.29, 1.82) is 0 Å². The van der Waals surface area contributed by atoms with Gasteiger partial charge in [-0.15, -0.1) is 0 Å². The molecule has 3 nitrogen and oxygen atoms in total. The molecule has 1 aromatic heterocycles. The first kappa shape index (κ1) is 13.3. The molecule has 1 N–H and O–H groups in total. The molecule has 18 heavy (non-hydrogen) atoms. The van der Waals surface area contributed by atoms with Crippen molar-refractivity contribution in [1.82, 2.24) is 9.97 Å². The second kappa shape index (κ2) is 6.72. The standard InChI is InChI=1S/C15H25N3/c1-3-4-8-12(2)18-15-13-9-6-5-7-10-14(13)16-11-17-15/h11-12H,3-10H2,1-2H3,(H,16,17,18). The largest absolute Gasteiger partial charge is 0.367 e. The first-order valence-electron chi connectivity index (χ1n) is 7.40. The van der Waals surface area contributed by atoms with Crippen LogP contribution >= 0.6 is 0 Å². The Morgan fingerprint density at radius 2 is 2.06 bits per heavy atom. The SMILES string of the molecule is CCCCC(C)Nc1ncnc2c1CCCCC2. The lowest BCUT2D eigenvalue weighted by atomic mass is 10.1. The third kappa shape index (κ3) is 3.44. The van der Waals surface area contributed by atoms with Gasteiger partial charge in [-0.05, 0) is 39.0 Å². The normalized spacial score (nSPS) is 16.8. The van der Waals surface area contributed by atoms with Gasteiger partial charge in [0.1, 0.15) is 12.1 Å². The zero-order valence-corrected chi connectivity index (χ0v) is 11.7. The van der Waals surface area contributed by atoms with Crippen LogP contribution in [0, 0.1) is 0 Å². The van der Waals surface area contributed by atoms with Crippen molar-refractivity contribution >= 4 is 5.82 Å². The maximum atomic E-state index is 4.46. The Bertz CT molecular complexity index is 376. The molecule has 0 bridgehead atoms. The van der Waals surface area contributed by atoms with Gasteiger partial charge in [-0.2, -0.15) is 0 Å². The summed E-state index contributed by atoms with van der Waals surface area (Å²) in [6.45, 7) is 4.49. The fourth-order valence-electron chi connectivity index (χ4n) is 2.64. The molecule has 1 atom stereocenters. The van der Waals surface area contributed by atoms with Crippen molar-refractivity contribution in [3.63, 3.8) is 0 Å². The second-order valence-corrected chi connectivity index (χ2v) is 5.40. The smallest absolute Gasteiger partial charge is 0.133 e. The van der Waals surface area contributed by atoms with E-state index in [1.54, 1.807) is 6.33 Å². The van der Waals surface area contributed by atoms with Gasteiger partial charge in [0, 0.05) is 17.3 Å². The van der Waals surface area contributed by atoms with Gasteiger partial charge in [-0.3, -0.25) is 0 Å². The molecule has 0 spiro atoms. The van der Waals surface area contributed by atoms with Crippen LogP contribution in [0.1, 0.15) is 63.6 Å². The molecule has 0 fully saturated rings. The molecule has 0 saturated carbocycles. The van der Waals surface area contributed by atoms with E-state index in [0.29, 0.717) is 6.04 Å². The van der Waals surface area contributed by atoms with Gasteiger partial charge in [-0.25, -0.2) is 9.97 Å². The van der Waals surface area contributed by atoms with Crippen LogP contribution in [-0.4, -0.2) is 16.0 Å². The van der Waals surface area contributed by atoms with Crippen LogP contribution in [-0.2, 0) is 12.8 Å².